The third-order valence-corrected chi connectivity index (χ3v) is 6.16. The minimum atomic E-state index is -5.08. The van der Waals surface area contributed by atoms with Gasteiger partial charge in [-0.3, -0.25) is 0 Å². The zero-order valence-corrected chi connectivity index (χ0v) is 22.3. The highest BCUT2D eigenvalue weighted by Crippen LogP contribution is 2.42. The van der Waals surface area contributed by atoms with Gasteiger partial charge in [0.1, 0.15) is 11.5 Å². The normalized spacial score (nSPS) is 13.3. The summed E-state index contributed by atoms with van der Waals surface area (Å²) in [6.45, 7) is 5.63. The molecule has 1 unspecified atom stereocenters. The summed E-state index contributed by atoms with van der Waals surface area (Å²) in [5.74, 6) is -1.69. The van der Waals surface area contributed by atoms with Gasteiger partial charge in [-0.25, -0.2) is 19.4 Å². The van der Waals surface area contributed by atoms with Crippen molar-refractivity contribution in [1.82, 2.24) is 29.5 Å². The molecule has 4 rings (SSSR count). The first-order valence-corrected chi connectivity index (χ1v) is 11.7. The number of aryl methyl sites for hydroxylation is 2. The van der Waals surface area contributed by atoms with Gasteiger partial charge in [0.15, 0.2) is 16.5 Å². The van der Waals surface area contributed by atoms with Crippen LogP contribution in [0.4, 0.5) is 13.2 Å². The van der Waals surface area contributed by atoms with Crippen LogP contribution >= 0.6 is 23.2 Å². The first-order valence-electron chi connectivity index (χ1n) is 10.9. The molecule has 0 fully saturated rings. The molecule has 3 heterocycles. The van der Waals surface area contributed by atoms with Crippen molar-refractivity contribution in [2.45, 2.75) is 38.7 Å². The van der Waals surface area contributed by atoms with E-state index >= 15 is 0 Å². The number of carboxylic acids is 1. The highest BCUT2D eigenvalue weighted by Gasteiger charge is 2.40. The van der Waals surface area contributed by atoms with Gasteiger partial charge in [-0.05, 0) is 38.5 Å². The Hall–Kier alpha value is -3.42. The molecule has 1 atom stereocenters. The number of aromatic nitrogens is 6. The number of imidazole rings is 1. The standard InChI is InChI=1S/C21H22Cl2N6O2.C2HF3O2/c1-11(2)31-19-18(22)14-8-13(6-7-15(14)26-20(19)23)21(30,17-10-25-27-29(17)5)16-9-24-12(3)28(16)4;3-2(4,5)1(6)7/h6-11,30H,1-5H3;(H,6,7). The predicted octanol–water partition coefficient (Wildman–Crippen LogP) is 4.42. The van der Waals surface area contributed by atoms with E-state index in [1.165, 1.54) is 10.9 Å². The lowest BCUT2D eigenvalue weighted by molar-refractivity contribution is -0.192. The van der Waals surface area contributed by atoms with Crippen LogP contribution in [0.15, 0.2) is 30.6 Å². The Labute approximate surface area is 224 Å². The Morgan fingerprint density at radius 1 is 1.13 bits per heavy atom. The fourth-order valence-electron chi connectivity index (χ4n) is 3.62. The second-order valence-electron chi connectivity index (χ2n) is 8.45. The van der Waals surface area contributed by atoms with E-state index in [0.717, 1.165) is 5.82 Å². The summed E-state index contributed by atoms with van der Waals surface area (Å²) < 4.78 is 40.9. The van der Waals surface area contributed by atoms with E-state index in [1.807, 2.05) is 32.4 Å². The van der Waals surface area contributed by atoms with Crippen LogP contribution in [-0.4, -0.2) is 58.0 Å². The molecule has 0 aliphatic heterocycles. The zero-order chi connectivity index (χ0) is 28.6. The molecule has 0 radical (unpaired) electrons. The van der Waals surface area contributed by atoms with Crippen LogP contribution in [0.25, 0.3) is 10.9 Å². The minimum Gasteiger partial charge on any atom is -0.486 e. The molecule has 0 aliphatic rings. The molecule has 10 nitrogen and oxygen atoms in total. The summed E-state index contributed by atoms with van der Waals surface area (Å²) in [6, 6.07) is 5.32. The lowest BCUT2D eigenvalue weighted by Crippen LogP contribution is -2.33. The number of alkyl halides is 3. The Bertz CT molecular complexity index is 1490. The summed E-state index contributed by atoms with van der Waals surface area (Å²) in [6.07, 6.45) is -2.05. The van der Waals surface area contributed by atoms with E-state index < -0.39 is 17.7 Å². The van der Waals surface area contributed by atoms with E-state index in [1.54, 1.807) is 31.4 Å². The van der Waals surface area contributed by atoms with E-state index in [-0.39, 0.29) is 11.3 Å². The van der Waals surface area contributed by atoms with Crippen molar-refractivity contribution in [2.75, 3.05) is 0 Å². The average molecular weight is 575 g/mol. The van der Waals surface area contributed by atoms with Gasteiger partial charge in [0.25, 0.3) is 0 Å². The maximum Gasteiger partial charge on any atom is 0.490 e. The molecule has 0 amide bonds. The second kappa shape index (κ2) is 10.8. The maximum absolute atomic E-state index is 12.1. The number of hydrogen-bond acceptors (Lipinski definition) is 7. The number of aliphatic hydroxyl groups is 1. The number of halogens is 5. The van der Waals surface area contributed by atoms with Crippen molar-refractivity contribution < 1.29 is 32.9 Å². The van der Waals surface area contributed by atoms with Crippen LogP contribution in [0.5, 0.6) is 5.75 Å². The topological polar surface area (TPSA) is 128 Å². The Kier molecular flexibility index (Phi) is 8.24. The molecular weight excluding hydrogens is 552 g/mol. The van der Waals surface area contributed by atoms with Gasteiger partial charge in [-0.2, -0.15) is 13.2 Å². The van der Waals surface area contributed by atoms with Crippen molar-refractivity contribution in [2.24, 2.45) is 14.1 Å². The summed E-state index contributed by atoms with van der Waals surface area (Å²) in [7, 11) is 3.57. The number of carboxylic acid groups (broad SMARTS) is 1. The predicted molar refractivity (Wildman–Crippen MR) is 132 cm³/mol. The molecule has 4 aromatic rings. The fourth-order valence-corrected chi connectivity index (χ4v) is 4.19. The Morgan fingerprint density at radius 3 is 2.24 bits per heavy atom. The van der Waals surface area contributed by atoms with Crippen molar-refractivity contribution in [1.29, 1.82) is 0 Å². The van der Waals surface area contributed by atoms with Gasteiger partial charge in [0.2, 0.25) is 0 Å². The fraction of sp³-hybridized carbons (Fsp3) is 0.348. The molecule has 3 aromatic heterocycles. The average Bonchev–Trinajstić information content (AvgIpc) is 3.41. The molecule has 204 valence electrons. The highest BCUT2D eigenvalue weighted by atomic mass is 35.5. The molecule has 0 bridgehead atoms. The van der Waals surface area contributed by atoms with Crippen LogP contribution in [0.1, 0.15) is 36.6 Å². The number of fused-ring (bicyclic) bond motifs is 1. The maximum atomic E-state index is 12.1. The molecule has 0 spiro atoms. The Balaban J connectivity index is 0.000000505. The number of nitrogens with zero attached hydrogens (tertiary/aromatic N) is 6. The van der Waals surface area contributed by atoms with Gasteiger partial charge in [-0.15, -0.1) is 5.10 Å². The van der Waals surface area contributed by atoms with Crippen molar-refractivity contribution in [3.05, 3.63) is 63.5 Å². The summed E-state index contributed by atoms with van der Waals surface area (Å²) >= 11 is 13.0. The zero-order valence-electron chi connectivity index (χ0n) is 20.7. The lowest BCUT2D eigenvalue weighted by atomic mass is 9.86. The number of aliphatic carboxylic acids is 1. The molecule has 0 saturated heterocycles. The van der Waals surface area contributed by atoms with Crippen LogP contribution in [0.2, 0.25) is 10.2 Å². The second-order valence-corrected chi connectivity index (χ2v) is 9.19. The van der Waals surface area contributed by atoms with E-state index in [4.69, 9.17) is 37.8 Å². The first-order chi connectivity index (χ1) is 17.6. The van der Waals surface area contributed by atoms with Crippen LogP contribution in [0, 0.1) is 6.92 Å². The van der Waals surface area contributed by atoms with Crippen LogP contribution in [-0.2, 0) is 24.5 Å². The highest BCUT2D eigenvalue weighted by molar-refractivity contribution is 6.40. The van der Waals surface area contributed by atoms with Crippen molar-refractivity contribution in [3.8, 4) is 5.75 Å². The molecular formula is C23H23Cl2F3N6O4. The monoisotopic (exact) mass is 574 g/mol. The van der Waals surface area contributed by atoms with Crippen LogP contribution < -0.4 is 4.74 Å². The quantitative estimate of drug-likeness (QED) is 0.335. The van der Waals surface area contributed by atoms with E-state index in [0.29, 0.717) is 38.6 Å². The summed E-state index contributed by atoms with van der Waals surface area (Å²) in [5.41, 5.74) is 0.583. The van der Waals surface area contributed by atoms with Crippen molar-refractivity contribution >= 4 is 40.1 Å². The summed E-state index contributed by atoms with van der Waals surface area (Å²) in [5, 5.41) is 28.3. The molecule has 38 heavy (non-hydrogen) atoms. The van der Waals surface area contributed by atoms with Gasteiger partial charge < -0.3 is 19.5 Å². The largest absolute Gasteiger partial charge is 0.490 e. The van der Waals surface area contributed by atoms with Gasteiger partial charge >= 0.3 is 12.1 Å². The van der Waals surface area contributed by atoms with Crippen molar-refractivity contribution in [3.63, 3.8) is 0 Å². The van der Waals surface area contributed by atoms with E-state index in [9.17, 15) is 18.3 Å². The van der Waals surface area contributed by atoms with Crippen LogP contribution in [0.3, 0.4) is 0 Å². The molecule has 0 aliphatic carbocycles. The molecule has 1 aromatic carbocycles. The number of hydrogen-bond donors (Lipinski definition) is 2. The van der Waals surface area contributed by atoms with Gasteiger partial charge in [0, 0.05) is 19.5 Å². The van der Waals surface area contributed by atoms with Gasteiger partial charge in [-0.1, -0.05) is 34.5 Å². The SMILES string of the molecule is Cc1ncc(C(O)(c2ccc3nc(Cl)c(OC(C)C)c(Cl)c3c2)c2cnnn2C)n1C.O=C(O)C(F)(F)F. The van der Waals surface area contributed by atoms with E-state index in [2.05, 4.69) is 20.3 Å². The number of ether oxygens (including phenoxy) is 1. The third-order valence-electron chi connectivity index (χ3n) is 5.53. The molecule has 15 heteroatoms. The summed E-state index contributed by atoms with van der Waals surface area (Å²) in [4.78, 5) is 17.7. The number of benzene rings is 1. The number of carbonyl (C=O) groups is 1. The molecule has 2 N–H and O–H groups in total. The Morgan fingerprint density at radius 2 is 1.76 bits per heavy atom. The number of pyridine rings is 1. The first kappa shape index (κ1) is 29.1. The minimum absolute atomic E-state index is 0.132. The third kappa shape index (κ3) is 5.54. The smallest absolute Gasteiger partial charge is 0.486 e. The molecule has 0 saturated carbocycles. The lowest BCUT2D eigenvalue weighted by Gasteiger charge is -2.29. The van der Waals surface area contributed by atoms with Gasteiger partial charge in [0.05, 0.1) is 34.7 Å². The number of rotatable bonds is 5.